The largest absolute Gasteiger partial charge is 0.506 e. The molecule has 1 aromatic heterocycles. The summed E-state index contributed by atoms with van der Waals surface area (Å²) in [5, 5.41) is 13.7. The maximum absolute atomic E-state index is 12.6. The highest BCUT2D eigenvalue weighted by Crippen LogP contribution is 2.32. The van der Waals surface area contributed by atoms with Crippen molar-refractivity contribution in [1.82, 2.24) is 4.98 Å². The normalized spacial score (nSPS) is 17.4. The molecule has 4 rings (SSSR count). The Kier molecular flexibility index (Phi) is 4.51. The van der Waals surface area contributed by atoms with Gasteiger partial charge in [-0.2, -0.15) is 0 Å². The van der Waals surface area contributed by atoms with E-state index in [-0.39, 0.29) is 17.6 Å². The highest BCUT2D eigenvalue weighted by atomic mass is 32.1. The third-order valence-electron chi connectivity index (χ3n) is 4.76. The molecule has 0 aliphatic carbocycles. The summed E-state index contributed by atoms with van der Waals surface area (Å²) in [5.74, 6) is -0.0691. The molecule has 1 amide bonds. The maximum Gasteiger partial charge on any atom is 0.229 e. The Morgan fingerprint density at radius 2 is 2.15 bits per heavy atom. The van der Waals surface area contributed by atoms with E-state index in [0.29, 0.717) is 12.2 Å². The number of phenolic OH excluding ortho intramolecular Hbond substituents is 1. The topological polar surface area (TPSA) is 65.5 Å². The number of aryl methyl sites for hydroxylation is 1. The molecule has 6 heteroatoms. The fraction of sp³-hybridized carbons (Fsp3) is 0.300. The van der Waals surface area contributed by atoms with E-state index in [4.69, 9.17) is 4.98 Å². The van der Waals surface area contributed by atoms with Gasteiger partial charge in [0.2, 0.25) is 5.91 Å². The minimum absolute atomic E-state index is 0.0480. The number of benzene rings is 2. The number of nitrogens with one attached hydrogen (secondary N) is 1. The second kappa shape index (κ2) is 6.96. The number of thiazole rings is 1. The quantitative estimate of drug-likeness (QED) is 0.682. The number of hydrogen-bond acceptors (Lipinski definition) is 5. The lowest BCUT2D eigenvalue weighted by Crippen LogP contribution is -2.40. The van der Waals surface area contributed by atoms with Crippen molar-refractivity contribution in [2.24, 2.45) is 5.92 Å². The molecule has 1 aliphatic heterocycles. The lowest BCUT2D eigenvalue weighted by Gasteiger charge is -2.31. The summed E-state index contributed by atoms with van der Waals surface area (Å²) in [4.78, 5) is 19.6. The zero-order valence-electron chi connectivity index (χ0n) is 14.6. The fourth-order valence-electron chi connectivity index (χ4n) is 3.33. The summed E-state index contributed by atoms with van der Waals surface area (Å²) >= 11 is 1.68. The van der Waals surface area contributed by atoms with Crippen LogP contribution in [0.25, 0.3) is 10.2 Å². The lowest BCUT2D eigenvalue weighted by atomic mass is 9.97. The van der Waals surface area contributed by atoms with Crippen LogP contribution in [0.1, 0.15) is 18.4 Å². The second-order valence-electron chi connectivity index (χ2n) is 6.76. The number of carbonyl (C=O) groups is 1. The molecule has 0 saturated carbocycles. The van der Waals surface area contributed by atoms with Crippen LogP contribution in [0.2, 0.25) is 0 Å². The fourth-order valence-corrected chi connectivity index (χ4v) is 4.43. The molecule has 5 nitrogen and oxygen atoms in total. The summed E-state index contributed by atoms with van der Waals surface area (Å²) in [5.41, 5.74) is 2.70. The molecule has 0 radical (unpaired) electrons. The number of aromatic nitrogens is 1. The Hall–Kier alpha value is -2.60. The lowest BCUT2D eigenvalue weighted by molar-refractivity contribution is -0.120. The van der Waals surface area contributed by atoms with Crippen LogP contribution in [0.4, 0.5) is 10.8 Å². The molecule has 0 bridgehead atoms. The number of rotatable bonds is 3. The van der Waals surface area contributed by atoms with E-state index in [1.165, 1.54) is 10.3 Å². The van der Waals surface area contributed by atoms with E-state index in [0.717, 1.165) is 30.0 Å². The number of para-hydroxylation sites is 2. The minimum atomic E-state index is -0.114. The first-order valence-corrected chi connectivity index (χ1v) is 9.63. The molecule has 1 unspecified atom stereocenters. The standard InChI is InChI=1S/C20H21N3O2S/c1-13-8-9-16-18(11-13)26-20(22-16)23-10-4-5-14(12-23)19(25)21-15-6-2-3-7-17(15)24/h2-3,6-9,11,14,24H,4-5,10,12H2,1H3,(H,21,25). The first-order valence-electron chi connectivity index (χ1n) is 8.81. The average Bonchev–Trinajstić information content (AvgIpc) is 3.07. The van der Waals surface area contributed by atoms with Gasteiger partial charge in [0.05, 0.1) is 21.8 Å². The van der Waals surface area contributed by atoms with Crippen molar-refractivity contribution < 1.29 is 9.90 Å². The summed E-state index contributed by atoms with van der Waals surface area (Å²) in [6.07, 6.45) is 1.80. The number of carbonyl (C=O) groups excluding carboxylic acids is 1. The molecule has 26 heavy (non-hydrogen) atoms. The van der Waals surface area contributed by atoms with Crippen LogP contribution in [-0.2, 0) is 4.79 Å². The summed E-state index contributed by atoms with van der Waals surface area (Å²) < 4.78 is 1.18. The summed E-state index contributed by atoms with van der Waals surface area (Å²) in [7, 11) is 0. The minimum Gasteiger partial charge on any atom is -0.506 e. The van der Waals surface area contributed by atoms with E-state index in [2.05, 4.69) is 35.3 Å². The van der Waals surface area contributed by atoms with Crippen molar-refractivity contribution in [1.29, 1.82) is 0 Å². The first kappa shape index (κ1) is 16.8. The van der Waals surface area contributed by atoms with Gasteiger partial charge in [0.15, 0.2) is 5.13 Å². The van der Waals surface area contributed by atoms with Crippen LogP contribution in [0.5, 0.6) is 5.75 Å². The van der Waals surface area contributed by atoms with E-state index in [9.17, 15) is 9.90 Å². The van der Waals surface area contributed by atoms with Crippen molar-refractivity contribution in [3.8, 4) is 5.75 Å². The maximum atomic E-state index is 12.6. The van der Waals surface area contributed by atoms with Crippen molar-refractivity contribution in [2.75, 3.05) is 23.3 Å². The molecule has 134 valence electrons. The molecule has 3 aromatic rings. The summed E-state index contributed by atoms with van der Waals surface area (Å²) in [6.45, 7) is 3.65. The smallest absolute Gasteiger partial charge is 0.229 e. The molecule has 1 saturated heterocycles. The highest BCUT2D eigenvalue weighted by Gasteiger charge is 2.28. The zero-order valence-corrected chi connectivity index (χ0v) is 15.4. The Morgan fingerprint density at radius 1 is 1.31 bits per heavy atom. The van der Waals surface area contributed by atoms with Crippen LogP contribution < -0.4 is 10.2 Å². The van der Waals surface area contributed by atoms with Gasteiger partial charge in [-0.1, -0.05) is 29.5 Å². The Balaban J connectivity index is 1.49. The number of hydrogen-bond donors (Lipinski definition) is 2. The van der Waals surface area contributed by atoms with E-state index in [1.807, 2.05) is 0 Å². The van der Waals surface area contributed by atoms with Gasteiger partial charge < -0.3 is 15.3 Å². The van der Waals surface area contributed by atoms with E-state index >= 15 is 0 Å². The molecular weight excluding hydrogens is 346 g/mol. The SMILES string of the molecule is Cc1ccc2nc(N3CCCC(C(=O)Nc4ccccc4O)C3)sc2c1. The van der Waals surface area contributed by atoms with E-state index in [1.54, 1.807) is 35.6 Å². The van der Waals surface area contributed by atoms with Crippen molar-refractivity contribution in [2.45, 2.75) is 19.8 Å². The van der Waals surface area contributed by atoms with E-state index < -0.39 is 0 Å². The Morgan fingerprint density at radius 3 is 3.00 bits per heavy atom. The highest BCUT2D eigenvalue weighted by molar-refractivity contribution is 7.22. The predicted molar refractivity (Wildman–Crippen MR) is 106 cm³/mol. The monoisotopic (exact) mass is 367 g/mol. The number of aromatic hydroxyl groups is 1. The Bertz CT molecular complexity index is 953. The van der Waals surface area contributed by atoms with Crippen molar-refractivity contribution in [3.63, 3.8) is 0 Å². The Labute approximate surface area is 156 Å². The van der Waals surface area contributed by atoms with Crippen LogP contribution in [0.3, 0.4) is 0 Å². The second-order valence-corrected chi connectivity index (χ2v) is 7.77. The van der Waals surface area contributed by atoms with Crippen LogP contribution in [0, 0.1) is 12.8 Å². The first-order chi connectivity index (χ1) is 12.6. The molecule has 1 atom stereocenters. The number of fused-ring (bicyclic) bond motifs is 1. The zero-order chi connectivity index (χ0) is 18.1. The molecule has 2 aromatic carbocycles. The van der Waals surface area contributed by atoms with Gasteiger partial charge in [-0.3, -0.25) is 4.79 Å². The molecule has 1 aliphatic rings. The average molecular weight is 367 g/mol. The third kappa shape index (κ3) is 3.37. The van der Waals surface area contributed by atoms with Crippen LogP contribution in [-0.4, -0.2) is 29.1 Å². The predicted octanol–water partition coefficient (Wildman–Crippen LogP) is 4.17. The number of nitrogens with zero attached hydrogens (tertiary/aromatic N) is 2. The van der Waals surface area contributed by atoms with Crippen molar-refractivity contribution >= 4 is 38.3 Å². The number of phenols is 1. The van der Waals surface area contributed by atoms with Gasteiger partial charge in [0, 0.05) is 13.1 Å². The molecular formula is C20H21N3O2S. The molecule has 2 N–H and O–H groups in total. The van der Waals surface area contributed by atoms with Gasteiger partial charge in [0.25, 0.3) is 0 Å². The van der Waals surface area contributed by atoms with Gasteiger partial charge in [-0.25, -0.2) is 4.98 Å². The van der Waals surface area contributed by atoms with Gasteiger partial charge in [0.1, 0.15) is 5.75 Å². The number of anilines is 2. The third-order valence-corrected chi connectivity index (χ3v) is 5.84. The van der Waals surface area contributed by atoms with Crippen molar-refractivity contribution in [3.05, 3.63) is 48.0 Å². The molecule has 1 fully saturated rings. The van der Waals surface area contributed by atoms with Gasteiger partial charge in [-0.15, -0.1) is 0 Å². The molecule has 0 spiro atoms. The number of amides is 1. The number of piperidine rings is 1. The summed E-state index contributed by atoms with van der Waals surface area (Å²) in [6, 6.07) is 13.1. The molecule has 2 heterocycles. The van der Waals surface area contributed by atoms with Crippen LogP contribution in [0.15, 0.2) is 42.5 Å². The van der Waals surface area contributed by atoms with Crippen LogP contribution >= 0.6 is 11.3 Å². The van der Waals surface area contributed by atoms with Gasteiger partial charge in [-0.05, 0) is 49.6 Å². The van der Waals surface area contributed by atoms with Gasteiger partial charge >= 0.3 is 0 Å².